The molecule has 1 atom stereocenters. The van der Waals surface area contributed by atoms with Crippen LogP contribution in [0.5, 0.6) is 0 Å². The van der Waals surface area contributed by atoms with Crippen LogP contribution in [0.1, 0.15) is 16.8 Å². The molecule has 0 aliphatic carbocycles. The summed E-state index contributed by atoms with van der Waals surface area (Å²) in [5.41, 5.74) is 1.13. The lowest BCUT2D eigenvalue weighted by atomic mass is 10.2. The summed E-state index contributed by atoms with van der Waals surface area (Å²) >= 11 is 5.98. The predicted molar refractivity (Wildman–Crippen MR) is 105 cm³/mol. The van der Waals surface area contributed by atoms with E-state index in [1.165, 1.54) is 19.3 Å². The zero-order valence-corrected chi connectivity index (χ0v) is 15.6. The molecular formula is C17H19ClF3N7O. The topological polar surface area (TPSA) is 119 Å². The number of carbonyl (C=O) groups is 1. The Labute approximate surface area is 171 Å². The molecule has 0 saturated carbocycles. The fourth-order valence-electron chi connectivity index (χ4n) is 2.48. The highest BCUT2D eigenvalue weighted by molar-refractivity contribution is 6.31. The first-order valence-corrected chi connectivity index (χ1v) is 8.57. The molecule has 12 heteroatoms. The van der Waals surface area contributed by atoms with Crippen molar-refractivity contribution in [2.45, 2.75) is 19.1 Å². The van der Waals surface area contributed by atoms with Gasteiger partial charge in [-0.1, -0.05) is 11.6 Å². The summed E-state index contributed by atoms with van der Waals surface area (Å²) < 4.78 is 36.8. The molecule has 29 heavy (non-hydrogen) atoms. The SMILES string of the molecule is C[C@H](Nc1nc(-c2c[nH]c3ncc(Cl)cc23)ncc1C#N)C(=O)NCC(F)(F)F.[HH].[HH].[HH]. The molecule has 0 aliphatic rings. The molecule has 8 nitrogen and oxygen atoms in total. The van der Waals surface area contributed by atoms with Crippen LogP contribution in [0.3, 0.4) is 0 Å². The van der Waals surface area contributed by atoms with E-state index >= 15 is 0 Å². The summed E-state index contributed by atoms with van der Waals surface area (Å²) in [6, 6.07) is 2.46. The van der Waals surface area contributed by atoms with Gasteiger partial charge in [-0.2, -0.15) is 18.4 Å². The minimum Gasteiger partial charge on any atom is -0.357 e. The number of fused-ring (bicyclic) bond motifs is 1. The molecule has 3 N–H and O–H groups in total. The highest BCUT2D eigenvalue weighted by atomic mass is 35.5. The van der Waals surface area contributed by atoms with Gasteiger partial charge in [-0.25, -0.2) is 15.0 Å². The molecule has 0 radical (unpaired) electrons. The van der Waals surface area contributed by atoms with E-state index in [1.807, 2.05) is 6.07 Å². The molecular weight excluding hydrogens is 411 g/mol. The fourth-order valence-corrected chi connectivity index (χ4v) is 2.64. The first-order valence-electron chi connectivity index (χ1n) is 8.19. The van der Waals surface area contributed by atoms with Crippen LogP contribution in [-0.2, 0) is 4.79 Å². The zero-order chi connectivity index (χ0) is 21.2. The number of hydrogen-bond acceptors (Lipinski definition) is 6. The van der Waals surface area contributed by atoms with Crippen LogP contribution in [0.15, 0.2) is 24.7 Å². The van der Waals surface area contributed by atoms with Crippen molar-refractivity contribution in [1.29, 1.82) is 5.26 Å². The van der Waals surface area contributed by atoms with Crippen molar-refractivity contribution in [3.63, 3.8) is 0 Å². The molecule has 3 rings (SSSR count). The van der Waals surface area contributed by atoms with Gasteiger partial charge in [0, 0.05) is 27.6 Å². The van der Waals surface area contributed by atoms with E-state index in [0.717, 1.165) is 0 Å². The van der Waals surface area contributed by atoms with Crippen molar-refractivity contribution >= 4 is 34.4 Å². The Morgan fingerprint density at radius 2 is 2.17 bits per heavy atom. The van der Waals surface area contributed by atoms with Gasteiger partial charge >= 0.3 is 6.18 Å². The van der Waals surface area contributed by atoms with Crippen LogP contribution < -0.4 is 10.6 Å². The lowest BCUT2D eigenvalue weighted by molar-refractivity contribution is -0.138. The van der Waals surface area contributed by atoms with E-state index in [9.17, 15) is 23.2 Å². The average molecular weight is 430 g/mol. The van der Waals surface area contributed by atoms with Crippen LogP contribution in [0, 0.1) is 11.3 Å². The normalized spacial score (nSPS) is 12.4. The third kappa shape index (κ3) is 4.72. The summed E-state index contributed by atoms with van der Waals surface area (Å²) in [6.07, 6.45) is -0.196. The van der Waals surface area contributed by atoms with E-state index in [1.54, 1.807) is 17.6 Å². The van der Waals surface area contributed by atoms with Gasteiger partial charge in [0.25, 0.3) is 0 Å². The van der Waals surface area contributed by atoms with E-state index in [2.05, 4.69) is 25.3 Å². The molecule has 3 aromatic rings. The average Bonchev–Trinajstić information content (AvgIpc) is 3.08. The zero-order valence-electron chi connectivity index (χ0n) is 14.8. The minimum absolute atomic E-state index is 0. The number of carbonyl (C=O) groups excluding carboxylic acids is 1. The summed E-state index contributed by atoms with van der Waals surface area (Å²) in [6.45, 7) is -0.106. The molecule has 0 saturated heterocycles. The highest BCUT2D eigenvalue weighted by Gasteiger charge is 2.29. The van der Waals surface area contributed by atoms with Gasteiger partial charge in [0.15, 0.2) is 5.82 Å². The van der Waals surface area contributed by atoms with Crippen molar-refractivity contribution in [2.75, 3.05) is 11.9 Å². The highest BCUT2D eigenvalue weighted by Crippen LogP contribution is 2.28. The van der Waals surface area contributed by atoms with E-state index in [0.29, 0.717) is 21.6 Å². The maximum absolute atomic E-state index is 12.3. The Morgan fingerprint density at radius 1 is 1.41 bits per heavy atom. The Balaban J connectivity index is 0.00000320. The number of nitrogens with zero attached hydrogens (tertiary/aromatic N) is 4. The van der Waals surface area contributed by atoms with Crippen LogP contribution >= 0.6 is 11.6 Å². The summed E-state index contributed by atoms with van der Waals surface area (Å²) in [5.74, 6) is -0.671. The number of pyridine rings is 1. The number of rotatable bonds is 5. The Bertz CT molecular complexity index is 1120. The van der Waals surface area contributed by atoms with Crippen molar-refractivity contribution in [3.8, 4) is 17.5 Å². The van der Waals surface area contributed by atoms with Crippen LogP contribution in [0.4, 0.5) is 19.0 Å². The smallest absolute Gasteiger partial charge is 0.357 e. The van der Waals surface area contributed by atoms with Crippen LogP contribution in [-0.4, -0.2) is 44.6 Å². The van der Waals surface area contributed by atoms with Gasteiger partial charge in [-0.3, -0.25) is 4.79 Å². The Hall–Kier alpha value is -3.39. The Morgan fingerprint density at radius 3 is 2.86 bits per heavy atom. The number of aromatic amines is 1. The number of anilines is 1. The van der Waals surface area contributed by atoms with Crippen molar-refractivity contribution in [1.82, 2.24) is 25.3 Å². The lowest BCUT2D eigenvalue weighted by Gasteiger charge is -2.16. The molecule has 0 aromatic carbocycles. The summed E-state index contributed by atoms with van der Waals surface area (Å²) in [5, 5.41) is 14.7. The van der Waals surface area contributed by atoms with Crippen LogP contribution in [0.25, 0.3) is 22.4 Å². The molecule has 0 bridgehead atoms. The predicted octanol–water partition coefficient (Wildman–Crippen LogP) is 3.76. The number of H-pyrrole nitrogens is 1. The molecule has 0 spiro atoms. The minimum atomic E-state index is -4.53. The van der Waals surface area contributed by atoms with Gasteiger partial charge in [0.05, 0.1) is 11.2 Å². The molecule has 1 amide bonds. The number of hydrogen-bond donors (Lipinski definition) is 3. The molecule has 0 unspecified atom stereocenters. The van der Waals surface area contributed by atoms with Gasteiger partial charge in [0.2, 0.25) is 5.91 Å². The first kappa shape index (κ1) is 20.3. The first-order chi connectivity index (χ1) is 13.7. The fraction of sp³-hybridized carbons (Fsp3) is 0.235. The standard InChI is InChI=1S/C17H13ClF3N7O.3H2/c1-8(16(29)26-7-17(19,20)21)27-13-9(3-22)4-23-15(28-13)12-6-25-14-11(12)2-10(18)5-24-14;;;/h2,4-6,8H,7H2,1H3,(H,24,25)(H,26,29)(H,23,27,28);3*1H/t8-;;;/m0.../s1. The number of alkyl halides is 3. The van der Waals surface area contributed by atoms with Crippen molar-refractivity contribution in [3.05, 3.63) is 35.2 Å². The van der Waals surface area contributed by atoms with Gasteiger partial charge in [-0.05, 0) is 13.0 Å². The number of amides is 1. The van der Waals surface area contributed by atoms with Gasteiger partial charge in [-0.15, -0.1) is 0 Å². The maximum atomic E-state index is 12.3. The van der Waals surface area contributed by atoms with Crippen molar-refractivity contribution < 1.29 is 22.2 Å². The van der Waals surface area contributed by atoms with Crippen molar-refractivity contribution in [2.24, 2.45) is 0 Å². The number of nitrogens with one attached hydrogen (secondary N) is 3. The van der Waals surface area contributed by atoms with E-state index in [4.69, 9.17) is 11.6 Å². The quantitative estimate of drug-likeness (QED) is 0.568. The second kappa shape index (κ2) is 7.92. The number of aromatic nitrogens is 4. The summed E-state index contributed by atoms with van der Waals surface area (Å²) in [7, 11) is 0. The Kier molecular flexibility index (Phi) is 5.56. The number of halogens is 4. The van der Waals surface area contributed by atoms with Gasteiger partial charge < -0.3 is 15.6 Å². The lowest BCUT2D eigenvalue weighted by Crippen LogP contribution is -2.42. The van der Waals surface area contributed by atoms with Crippen LogP contribution in [0.2, 0.25) is 5.02 Å². The third-order valence-corrected chi connectivity index (χ3v) is 4.06. The summed E-state index contributed by atoms with van der Waals surface area (Å²) in [4.78, 5) is 27.4. The maximum Gasteiger partial charge on any atom is 0.405 e. The molecule has 0 aliphatic heterocycles. The number of nitriles is 1. The largest absolute Gasteiger partial charge is 0.405 e. The van der Waals surface area contributed by atoms with Gasteiger partial charge in [0.1, 0.15) is 35.7 Å². The molecule has 0 fully saturated rings. The monoisotopic (exact) mass is 429 g/mol. The second-order valence-corrected chi connectivity index (χ2v) is 6.46. The molecule has 156 valence electrons. The molecule has 3 heterocycles. The van der Waals surface area contributed by atoms with E-state index < -0.39 is 24.7 Å². The molecule has 3 aromatic heterocycles. The third-order valence-electron chi connectivity index (χ3n) is 3.86. The van der Waals surface area contributed by atoms with E-state index in [-0.39, 0.29) is 21.5 Å². The second-order valence-electron chi connectivity index (χ2n) is 6.02.